The second-order valence-corrected chi connectivity index (χ2v) is 7.57. The van der Waals surface area contributed by atoms with Gasteiger partial charge in [0.2, 0.25) is 0 Å². The van der Waals surface area contributed by atoms with Crippen LogP contribution in [0, 0.1) is 0 Å². The van der Waals surface area contributed by atoms with Crippen LogP contribution >= 0.6 is 0 Å². The standard InChI is InChI=1S/C26H26N4O2/c1-3-4-6-18-8-13-24-22(15-18)23(17-28-30-26(31)20-7-5-14-27-16-20)25(29-24)19-9-11-21(32-2)12-10-19/h5,7-17,29H,3-4,6H2,1-2H3,(H,30,31)/b28-17+. The Hall–Kier alpha value is -3.93. The van der Waals surface area contributed by atoms with E-state index in [4.69, 9.17) is 4.74 Å². The maximum atomic E-state index is 12.3. The van der Waals surface area contributed by atoms with Crippen molar-refractivity contribution in [3.8, 4) is 17.0 Å². The summed E-state index contributed by atoms with van der Waals surface area (Å²) in [6, 6.07) is 17.8. The van der Waals surface area contributed by atoms with Crippen molar-refractivity contribution >= 4 is 23.0 Å². The van der Waals surface area contributed by atoms with E-state index >= 15 is 0 Å². The lowest BCUT2D eigenvalue weighted by Gasteiger charge is -2.04. The van der Waals surface area contributed by atoms with Crippen molar-refractivity contribution in [1.29, 1.82) is 0 Å². The Kier molecular flexibility index (Phi) is 6.60. The number of hydrogen-bond donors (Lipinski definition) is 2. The summed E-state index contributed by atoms with van der Waals surface area (Å²) in [5.41, 5.74) is 8.25. The van der Waals surface area contributed by atoms with Crippen molar-refractivity contribution in [2.45, 2.75) is 26.2 Å². The monoisotopic (exact) mass is 426 g/mol. The third-order valence-corrected chi connectivity index (χ3v) is 5.38. The van der Waals surface area contributed by atoms with E-state index in [-0.39, 0.29) is 5.91 Å². The van der Waals surface area contributed by atoms with Crippen LogP contribution in [0.25, 0.3) is 22.2 Å². The maximum absolute atomic E-state index is 12.3. The quantitative estimate of drug-likeness (QED) is 0.295. The number of aromatic nitrogens is 2. The van der Waals surface area contributed by atoms with E-state index in [2.05, 4.69) is 45.6 Å². The fraction of sp³-hybridized carbons (Fsp3) is 0.192. The molecule has 2 heterocycles. The Morgan fingerprint density at radius 2 is 2.03 bits per heavy atom. The van der Waals surface area contributed by atoms with Crippen molar-refractivity contribution in [3.05, 3.63) is 83.7 Å². The number of H-pyrrole nitrogens is 1. The van der Waals surface area contributed by atoms with Crippen molar-refractivity contribution in [2.24, 2.45) is 5.10 Å². The molecule has 0 aliphatic heterocycles. The number of benzene rings is 2. The first-order valence-electron chi connectivity index (χ1n) is 10.7. The van der Waals surface area contributed by atoms with Gasteiger partial charge in [0.05, 0.1) is 24.6 Å². The lowest BCUT2D eigenvalue weighted by atomic mass is 10.0. The number of hydrogen-bond acceptors (Lipinski definition) is 4. The number of pyridine rings is 1. The molecule has 32 heavy (non-hydrogen) atoms. The summed E-state index contributed by atoms with van der Waals surface area (Å²) in [7, 11) is 1.65. The van der Waals surface area contributed by atoms with Gasteiger partial charge in [-0.1, -0.05) is 19.4 Å². The molecule has 2 aromatic heterocycles. The smallest absolute Gasteiger partial charge is 0.272 e. The molecule has 4 aromatic rings. The lowest BCUT2D eigenvalue weighted by Crippen LogP contribution is -2.17. The number of carbonyl (C=O) groups is 1. The Labute approximate surface area is 187 Å². The summed E-state index contributed by atoms with van der Waals surface area (Å²) in [6.07, 6.45) is 8.17. The molecular weight excluding hydrogens is 400 g/mol. The first kappa shape index (κ1) is 21.3. The fourth-order valence-corrected chi connectivity index (χ4v) is 3.63. The van der Waals surface area contributed by atoms with Gasteiger partial charge in [0.1, 0.15) is 5.75 Å². The number of rotatable bonds is 8. The van der Waals surface area contributed by atoms with Gasteiger partial charge in [-0.2, -0.15) is 5.10 Å². The van der Waals surface area contributed by atoms with E-state index in [1.807, 2.05) is 24.3 Å². The van der Waals surface area contributed by atoms with Crippen LogP contribution in [0.15, 0.2) is 72.1 Å². The van der Waals surface area contributed by atoms with E-state index in [1.165, 1.54) is 11.8 Å². The van der Waals surface area contributed by atoms with E-state index in [9.17, 15) is 4.79 Å². The Balaban J connectivity index is 1.71. The average molecular weight is 427 g/mol. The lowest BCUT2D eigenvalue weighted by molar-refractivity contribution is 0.0955. The predicted octanol–water partition coefficient (Wildman–Crippen LogP) is 5.35. The molecule has 6 nitrogen and oxygen atoms in total. The van der Waals surface area contributed by atoms with Crippen molar-refractivity contribution in [2.75, 3.05) is 7.11 Å². The third-order valence-electron chi connectivity index (χ3n) is 5.38. The molecule has 0 saturated heterocycles. The summed E-state index contributed by atoms with van der Waals surface area (Å²) < 4.78 is 5.29. The van der Waals surface area contributed by atoms with Crippen LogP contribution in [0.5, 0.6) is 5.75 Å². The zero-order chi connectivity index (χ0) is 22.3. The Morgan fingerprint density at radius 3 is 2.75 bits per heavy atom. The minimum Gasteiger partial charge on any atom is -0.497 e. The molecule has 0 bridgehead atoms. The van der Waals surface area contributed by atoms with Crippen molar-refractivity contribution < 1.29 is 9.53 Å². The van der Waals surface area contributed by atoms with Gasteiger partial charge in [-0.3, -0.25) is 9.78 Å². The third kappa shape index (κ3) is 4.70. The van der Waals surface area contributed by atoms with Crippen LogP contribution in [-0.4, -0.2) is 29.2 Å². The van der Waals surface area contributed by atoms with Crippen LogP contribution in [0.3, 0.4) is 0 Å². The topological polar surface area (TPSA) is 79.4 Å². The van der Waals surface area contributed by atoms with Gasteiger partial charge >= 0.3 is 0 Å². The first-order chi connectivity index (χ1) is 15.7. The number of nitrogens with one attached hydrogen (secondary N) is 2. The summed E-state index contributed by atoms with van der Waals surface area (Å²) in [4.78, 5) is 19.8. The molecule has 0 aliphatic rings. The highest BCUT2D eigenvalue weighted by Crippen LogP contribution is 2.31. The predicted molar refractivity (Wildman–Crippen MR) is 128 cm³/mol. The number of unbranched alkanes of at least 4 members (excludes halogenated alkanes) is 1. The zero-order valence-electron chi connectivity index (χ0n) is 18.3. The van der Waals surface area contributed by atoms with Crippen LogP contribution in [0.1, 0.15) is 41.3 Å². The number of ether oxygens (including phenoxy) is 1. The molecule has 4 rings (SSSR count). The van der Waals surface area contributed by atoms with Gasteiger partial charge in [0.15, 0.2) is 0 Å². The summed E-state index contributed by atoms with van der Waals surface area (Å²) in [5, 5.41) is 5.33. The number of amides is 1. The van der Waals surface area contributed by atoms with Gasteiger partial charge in [-0.25, -0.2) is 5.43 Å². The number of hydrazone groups is 1. The van der Waals surface area contributed by atoms with E-state index in [0.717, 1.165) is 52.7 Å². The van der Waals surface area contributed by atoms with Gasteiger partial charge in [-0.05, 0) is 72.5 Å². The number of methoxy groups -OCH3 is 1. The Morgan fingerprint density at radius 1 is 1.19 bits per heavy atom. The molecule has 2 aromatic carbocycles. The van der Waals surface area contributed by atoms with Gasteiger partial charge in [0, 0.05) is 28.9 Å². The summed E-state index contributed by atoms with van der Waals surface area (Å²) >= 11 is 0. The number of aryl methyl sites for hydroxylation is 1. The molecule has 2 N–H and O–H groups in total. The largest absolute Gasteiger partial charge is 0.497 e. The van der Waals surface area contributed by atoms with E-state index in [1.54, 1.807) is 31.7 Å². The van der Waals surface area contributed by atoms with Gasteiger partial charge in [-0.15, -0.1) is 0 Å². The number of carbonyl (C=O) groups excluding carboxylic acids is 1. The molecule has 0 unspecified atom stereocenters. The molecular formula is C26H26N4O2. The fourth-order valence-electron chi connectivity index (χ4n) is 3.63. The zero-order valence-corrected chi connectivity index (χ0v) is 18.3. The average Bonchev–Trinajstić information content (AvgIpc) is 3.21. The number of aromatic amines is 1. The number of nitrogens with zero attached hydrogens (tertiary/aromatic N) is 2. The SMILES string of the molecule is CCCCc1ccc2[nH]c(-c3ccc(OC)cc3)c(/C=N/NC(=O)c3cccnc3)c2c1. The van der Waals surface area contributed by atoms with Crippen LogP contribution < -0.4 is 10.2 Å². The summed E-state index contributed by atoms with van der Waals surface area (Å²) in [5.74, 6) is 0.495. The minimum absolute atomic E-state index is 0.302. The van der Waals surface area contributed by atoms with Gasteiger partial charge in [0.25, 0.3) is 5.91 Å². The number of fused-ring (bicyclic) bond motifs is 1. The molecule has 0 radical (unpaired) electrons. The molecule has 0 saturated carbocycles. The van der Waals surface area contributed by atoms with E-state index < -0.39 is 0 Å². The second-order valence-electron chi connectivity index (χ2n) is 7.57. The van der Waals surface area contributed by atoms with Crippen LogP contribution in [-0.2, 0) is 6.42 Å². The first-order valence-corrected chi connectivity index (χ1v) is 10.7. The molecule has 162 valence electrons. The maximum Gasteiger partial charge on any atom is 0.272 e. The van der Waals surface area contributed by atoms with E-state index in [0.29, 0.717) is 5.56 Å². The second kappa shape index (κ2) is 9.92. The molecule has 0 aliphatic carbocycles. The molecule has 6 heteroatoms. The molecule has 0 spiro atoms. The highest BCUT2D eigenvalue weighted by atomic mass is 16.5. The van der Waals surface area contributed by atoms with Crippen molar-refractivity contribution in [1.82, 2.24) is 15.4 Å². The summed E-state index contributed by atoms with van der Waals surface area (Å²) in [6.45, 7) is 2.19. The molecule has 0 fully saturated rings. The minimum atomic E-state index is -0.302. The highest BCUT2D eigenvalue weighted by Gasteiger charge is 2.13. The van der Waals surface area contributed by atoms with Crippen LogP contribution in [0.4, 0.5) is 0 Å². The molecule has 1 amide bonds. The molecule has 0 atom stereocenters. The van der Waals surface area contributed by atoms with Crippen molar-refractivity contribution in [3.63, 3.8) is 0 Å². The Bertz CT molecular complexity index is 1230. The normalized spacial score (nSPS) is 11.2. The van der Waals surface area contributed by atoms with Gasteiger partial charge < -0.3 is 9.72 Å². The highest BCUT2D eigenvalue weighted by molar-refractivity contribution is 6.06. The van der Waals surface area contributed by atoms with Crippen LogP contribution in [0.2, 0.25) is 0 Å².